The van der Waals surface area contributed by atoms with E-state index in [1.165, 1.54) is 0 Å². The summed E-state index contributed by atoms with van der Waals surface area (Å²) < 4.78 is 0.888. The number of hydrogen-bond donors (Lipinski definition) is 1. The molecule has 0 radical (unpaired) electrons. The highest BCUT2D eigenvalue weighted by atomic mass is 79.9. The van der Waals surface area contributed by atoms with E-state index in [-0.39, 0.29) is 0 Å². The van der Waals surface area contributed by atoms with E-state index in [0.29, 0.717) is 11.3 Å². The van der Waals surface area contributed by atoms with Crippen LogP contribution >= 0.6 is 15.9 Å². The molecule has 0 unspecified atom stereocenters. The molecular weight excluding hydrogens is 300 g/mol. The van der Waals surface area contributed by atoms with Crippen molar-refractivity contribution in [2.45, 2.75) is 6.92 Å². The van der Waals surface area contributed by atoms with Crippen molar-refractivity contribution < 1.29 is 0 Å². The Kier molecular flexibility index (Phi) is 4.03. The van der Waals surface area contributed by atoms with Crippen molar-refractivity contribution in [1.82, 2.24) is 0 Å². The van der Waals surface area contributed by atoms with Crippen LogP contribution in [0.5, 0.6) is 0 Å². The molecule has 0 amide bonds. The molecule has 0 bridgehead atoms. The second-order valence-corrected chi connectivity index (χ2v) is 5.10. The number of benzene rings is 2. The Morgan fingerprint density at radius 3 is 2.47 bits per heavy atom. The molecule has 0 aromatic heterocycles. The summed E-state index contributed by atoms with van der Waals surface area (Å²) >= 11 is 3.48. The number of nitrogens with zero attached hydrogens (tertiary/aromatic N) is 1. The Morgan fingerprint density at radius 1 is 1.16 bits per heavy atom. The van der Waals surface area contributed by atoms with E-state index in [4.69, 9.17) is 5.73 Å². The lowest BCUT2D eigenvalue weighted by Crippen LogP contribution is -2.02. The van der Waals surface area contributed by atoms with E-state index in [2.05, 4.69) is 22.0 Å². The standard InChI is InChI=1S/C16H13BrN2/c1-11-7-8-15(17)13(9-11)16(19)14(10-18)12-5-3-2-4-6-12/h2-9H,19H2,1H3/b16-14+. The molecule has 19 heavy (non-hydrogen) atoms. The van der Waals surface area contributed by atoms with Gasteiger partial charge >= 0.3 is 0 Å². The van der Waals surface area contributed by atoms with Gasteiger partial charge in [0.05, 0.1) is 11.3 Å². The first-order valence-corrected chi connectivity index (χ1v) is 6.64. The second kappa shape index (κ2) is 5.73. The lowest BCUT2D eigenvalue weighted by Gasteiger charge is -2.09. The first-order chi connectivity index (χ1) is 9.13. The molecule has 2 N–H and O–H groups in total. The summed E-state index contributed by atoms with van der Waals surface area (Å²) in [6.07, 6.45) is 0. The van der Waals surface area contributed by atoms with Crippen molar-refractivity contribution in [1.29, 1.82) is 5.26 Å². The van der Waals surface area contributed by atoms with Crippen LogP contribution in [0, 0.1) is 18.3 Å². The molecule has 0 fully saturated rings. The zero-order chi connectivity index (χ0) is 13.8. The quantitative estimate of drug-likeness (QED) is 0.670. The molecule has 3 heteroatoms. The van der Waals surface area contributed by atoms with Crippen molar-refractivity contribution in [3.8, 4) is 6.07 Å². The van der Waals surface area contributed by atoms with Gasteiger partial charge in [0.2, 0.25) is 0 Å². The van der Waals surface area contributed by atoms with Gasteiger partial charge in [-0.2, -0.15) is 5.26 Å². The van der Waals surface area contributed by atoms with E-state index in [1.54, 1.807) is 0 Å². The molecule has 94 valence electrons. The van der Waals surface area contributed by atoms with Crippen LogP contribution < -0.4 is 5.73 Å². The molecule has 0 aliphatic rings. The number of halogens is 1. The number of nitriles is 1. The summed E-state index contributed by atoms with van der Waals surface area (Å²) in [5.41, 5.74) is 9.94. The normalized spacial score (nSPS) is 11.6. The SMILES string of the molecule is Cc1ccc(Br)c(/C(N)=C(/C#N)c2ccccc2)c1. The Morgan fingerprint density at radius 2 is 1.84 bits per heavy atom. The minimum Gasteiger partial charge on any atom is -0.397 e. The Balaban J connectivity index is 2.62. The van der Waals surface area contributed by atoms with Crippen LogP contribution in [-0.2, 0) is 0 Å². The van der Waals surface area contributed by atoms with Gasteiger partial charge in [-0.3, -0.25) is 0 Å². The van der Waals surface area contributed by atoms with Crippen LogP contribution in [0.15, 0.2) is 53.0 Å². The minimum atomic E-state index is 0.490. The number of aryl methyl sites for hydroxylation is 1. The van der Waals surface area contributed by atoms with Crippen LogP contribution in [0.25, 0.3) is 11.3 Å². The maximum atomic E-state index is 9.37. The van der Waals surface area contributed by atoms with E-state index in [9.17, 15) is 5.26 Å². The molecule has 2 aromatic rings. The Labute approximate surface area is 121 Å². The van der Waals surface area contributed by atoms with Gasteiger partial charge in [0, 0.05) is 10.0 Å². The second-order valence-electron chi connectivity index (χ2n) is 4.25. The first-order valence-electron chi connectivity index (χ1n) is 5.85. The number of nitrogens with two attached hydrogens (primary N) is 1. The molecular formula is C16H13BrN2. The van der Waals surface area contributed by atoms with Crippen molar-refractivity contribution in [2.75, 3.05) is 0 Å². The van der Waals surface area contributed by atoms with Crippen LogP contribution in [0.4, 0.5) is 0 Å². The molecule has 0 atom stereocenters. The van der Waals surface area contributed by atoms with Gasteiger partial charge in [0.15, 0.2) is 0 Å². The van der Waals surface area contributed by atoms with Gasteiger partial charge in [-0.1, -0.05) is 57.9 Å². The largest absolute Gasteiger partial charge is 0.397 e. The van der Waals surface area contributed by atoms with Crippen LogP contribution in [0.3, 0.4) is 0 Å². The summed E-state index contributed by atoms with van der Waals surface area (Å²) in [6, 6.07) is 17.6. The molecule has 0 saturated heterocycles. The maximum absolute atomic E-state index is 9.37. The third-order valence-corrected chi connectivity index (χ3v) is 3.55. The fourth-order valence-electron chi connectivity index (χ4n) is 1.87. The highest BCUT2D eigenvalue weighted by Gasteiger charge is 2.11. The van der Waals surface area contributed by atoms with E-state index in [0.717, 1.165) is 21.2 Å². The number of hydrogen-bond acceptors (Lipinski definition) is 2. The fourth-order valence-corrected chi connectivity index (χ4v) is 2.33. The van der Waals surface area contributed by atoms with Crippen LogP contribution in [0.1, 0.15) is 16.7 Å². The summed E-state index contributed by atoms with van der Waals surface area (Å²) in [5, 5.41) is 9.37. The molecule has 0 saturated carbocycles. The van der Waals surface area contributed by atoms with E-state index < -0.39 is 0 Å². The highest BCUT2D eigenvalue weighted by molar-refractivity contribution is 9.10. The topological polar surface area (TPSA) is 49.8 Å². The van der Waals surface area contributed by atoms with Crippen molar-refractivity contribution in [3.63, 3.8) is 0 Å². The van der Waals surface area contributed by atoms with Gasteiger partial charge in [0.1, 0.15) is 6.07 Å². The molecule has 0 spiro atoms. The van der Waals surface area contributed by atoms with Crippen molar-refractivity contribution in [3.05, 3.63) is 69.7 Å². The summed E-state index contributed by atoms with van der Waals surface area (Å²) in [5.74, 6) is 0. The van der Waals surface area contributed by atoms with Crippen molar-refractivity contribution >= 4 is 27.2 Å². The third kappa shape index (κ3) is 2.86. The molecule has 2 aromatic carbocycles. The average Bonchev–Trinajstić information content (AvgIpc) is 2.43. The van der Waals surface area contributed by atoms with Gasteiger partial charge in [-0.25, -0.2) is 0 Å². The van der Waals surface area contributed by atoms with Crippen molar-refractivity contribution in [2.24, 2.45) is 5.73 Å². The lowest BCUT2D eigenvalue weighted by molar-refractivity contribution is 1.40. The van der Waals surface area contributed by atoms with E-state index >= 15 is 0 Å². The molecule has 0 heterocycles. The van der Waals surface area contributed by atoms with Gasteiger partial charge in [-0.15, -0.1) is 0 Å². The predicted molar refractivity (Wildman–Crippen MR) is 81.9 cm³/mol. The van der Waals surface area contributed by atoms with Gasteiger partial charge in [0.25, 0.3) is 0 Å². The number of allylic oxidation sites excluding steroid dienone is 1. The Bertz CT molecular complexity index is 667. The molecule has 2 nitrogen and oxygen atoms in total. The molecule has 0 aliphatic carbocycles. The minimum absolute atomic E-state index is 0.490. The zero-order valence-corrected chi connectivity index (χ0v) is 12.1. The fraction of sp³-hybridized carbons (Fsp3) is 0.0625. The summed E-state index contributed by atoms with van der Waals surface area (Å²) in [6.45, 7) is 2.00. The summed E-state index contributed by atoms with van der Waals surface area (Å²) in [7, 11) is 0. The highest BCUT2D eigenvalue weighted by Crippen LogP contribution is 2.28. The monoisotopic (exact) mass is 312 g/mol. The summed E-state index contributed by atoms with van der Waals surface area (Å²) in [4.78, 5) is 0. The van der Waals surface area contributed by atoms with Crippen LogP contribution in [0.2, 0.25) is 0 Å². The molecule has 0 aliphatic heterocycles. The predicted octanol–water partition coefficient (Wildman–Crippen LogP) is 4.11. The van der Waals surface area contributed by atoms with Gasteiger partial charge in [-0.05, 0) is 24.6 Å². The van der Waals surface area contributed by atoms with E-state index in [1.807, 2.05) is 55.5 Å². The maximum Gasteiger partial charge on any atom is 0.102 e. The Hall–Kier alpha value is -2.05. The molecule has 2 rings (SSSR count). The van der Waals surface area contributed by atoms with Gasteiger partial charge < -0.3 is 5.73 Å². The first kappa shape index (κ1) is 13.4. The number of rotatable bonds is 2. The lowest BCUT2D eigenvalue weighted by atomic mass is 10.00. The van der Waals surface area contributed by atoms with Crippen LogP contribution in [-0.4, -0.2) is 0 Å². The third-order valence-electron chi connectivity index (χ3n) is 2.86. The smallest absolute Gasteiger partial charge is 0.102 e. The average molecular weight is 313 g/mol. The zero-order valence-electron chi connectivity index (χ0n) is 10.5.